The van der Waals surface area contributed by atoms with Crippen molar-refractivity contribution in [2.75, 3.05) is 32.2 Å². The number of carbonyl (C=O) groups excluding carboxylic acids is 2. The average molecular weight is 368 g/mol. The zero-order valence-corrected chi connectivity index (χ0v) is 15.8. The molecule has 2 aromatic carbocycles. The van der Waals surface area contributed by atoms with E-state index in [2.05, 4.69) is 5.32 Å². The van der Waals surface area contributed by atoms with Crippen LogP contribution >= 0.6 is 0 Å². The van der Waals surface area contributed by atoms with Gasteiger partial charge in [-0.05, 0) is 31.2 Å². The van der Waals surface area contributed by atoms with E-state index in [0.717, 1.165) is 11.3 Å². The number of ether oxygens (including phenoxy) is 2. The summed E-state index contributed by atoms with van der Waals surface area (Å²) in [5.74, 6) is 1.06. The number of amides is 2. The summed E-state index contributed by atoms with van der Waals surface area (Å²) in [7, 11) is 3.08. The molecule has 1 fully saturated rings. The Labute approximate surface area is 159 Å². The zero-order valence-electron chi connectivity index (χ0n) is 15.8. The van der Waals surface area contributed by atoms with Gasteiger partial charge in [-0.2, -0.15) is 0 Å². The number of nitrogens with zero attached hydrogens (tertiary/aromatic N) is 1. The van der Waals surface area contributed by atoms with Gasteiger partial charge in [0.15, 0.2) is 0 Å². The topological polar surface area (TPSA) is 67.9 Å². The van der Waals surface area contributed by atoms with Crippen LogP contribution in [0.1, 0.15) is 22.3 Å². The van der Waals surface area contributed by atoms with Crippen LogP contribution in [0.5, 0.6) is 11.5 Å². The minimum atomic E-state index is -0.214. The van der Waals surface area contributed by atoms with Crippen LogP contribution in [-0.2, 0) is 4.79 Å². The molecule has 0 radical (unpaired) electrons. The van der Waals surface area contributed by atoms with Crippen LogP contribution in [0, 0.1) is 12.8 Å². The fourth-order valence-corrected chi connectivity index (χ4v) is 3.17. The second-order valence-electron chi connectivity index (χ2n) is 6.72. The molecular weight excluding hydrogens is 344 g/mol. The maximum absolute atomic E-state index is 12.5. The van der Waals surface area contributed by atoms with Gasteiger partial charge in [-0.1, -0.05) is 17.7 Å². The predicted octanol–water partition coefficient (Wildman–Crippen LogP) is 2.80. The molecule has 6 nitrogen and oxygen atoms in total. The first-order chi connectivity index (χ1) is 13.0. The molecule has 0 aliphatic carbocycles. The molecule has 0 spiro atoms. The molecule has 0 bridgehead atoms. The highest BCUT2D eigenvalue weighted by Gasteiger charge is 2.30. The summed E-state index contributed by atoms with van der Waals surface area (Å²) >= 11 is 0. The Hall–Kier alpha value is -3.02. The summed E-state index contributed by atoms with van der Waals surface area (Å²) < 4.78 is 10.4. The van der Waals surface area contributed by atoms with Gasteiger partial charge in [0.1, 0.15) is 11.5 Å². The van der Waals surface area contributed by atoms with E-state index in [-0.39, 0.29) is 17.7 Å². The van der Waals surface area contributed by atoms with Crippen molar-refractivity contribution in [1.29, 1.82) is 0 Å². The first kappa shape index (κ1) is 18.8. The number of anilines is 1. The van der Waals surface area contributed by atoms with Crippen LogP contribution in [-0.4, -0.2) is 39.1 Å². The van der Waals surface area contributed by atoms with E-state index < -0.39 is 0 Å². The monoisotopic (exact) mass is 368 g/mol. The number of nitrogens with one attached hydrogen (secondary N) is 1. The molecule has 0 aromatic heterocycles. The van der Waals surface area contributed by atoms with Gasteiger partial charge in [0.05, 0.1) is 14.2 Å². The Morgan fingerprint density at radius 3 is 2.33 bits per heavy atom. The summed E-state index contributed by atoms with van der Waals surface area (Å²) in [6.45, 7) is 3.05. The Morgan fingerprint density at radius 1 is 1.11 bits per heavy atom. The lowest BCUT2D eigenvalue weighted by Crippen LogP contribution is -2.31. The summed E-state index contributed by atoms with van der Waals surface area (Å²) in [5.41, 5.74) is 2.52. The average Bonchev–Trinajstić information content (AvgIpc) is 3.06. The number of rotatable bonds is 6. The Balaban J connectivity index is 1.61. The van der Waals surface area contributed by atoms with Crippen molar-refractivity contribution in [2.45, 2.75) is 13.3 Å². The molecule has 0 saturated carbocycles. The molecule has 1 saturated heterocycles. The first-order valence-corrected chi connectivity index (χ1v) is 8.88. The third kappa shape index (κ3) is 4.39. The van der Waals surface area contributed by atoms with Crippen molar-refractivity contribution in [3.05, 3.63) is 53.6 Å². The SMILES string of the molecule is COc1cc(OC)cc(C(=O)NCC2CC(=O)N(c3ccc(C)cc3)C2)c1. The minimum absolute atomic E-state index is 0.0789. The van der Waals surface area contributed by atoms with Crippen LogP contribution in [0.2, 0.25) is 0 Å². The molecule has 142 valence electrons. The zero-order chi connectivity index (χ0) is 19.4. The van der Waals surface area contributed by atoms with Crippen molar-refractivity contribution >= 4 is 17.5 Å². The van der Waals surface area contributed by atoms with Gasteiger partial charge in [0.2, 0.25) is 5.91 Å². The second-order valence-corrected chi connectivity index (χ2v) is 6.72. The van der Waals surface area contributed by atoms with E-state index in [1.54, 1.807) is 37.3 Å². The normalized spacial score (nSPS) is 16.3. The van der Waals surface area contributed by atoms with Crippen molar-refractivity contribution in [3.8, 4) is 11.5 Å². The number of carbonyl (C=O) groups is 2. The highest BCUT2D eigenvalue weighted by molar-refractivity contribution is 5.97. The van der Waals surface area contributed by atoms with Gasteiger partial charge in [0, 0.05) is 42.7 Å². The first-order valence-electron chi connectivity index (χ1n) is 8.88. The molecule has 1 N–H and O–H groups in total. The van der Waals surface area contributed by atoms with Crippen LogP contribution in [0.4, 0.5) is 5.69 Å². The Bertz CT molecular complexity index is 810. The molecule has 1 heterocycles. The molecule has 1 aliphatic rings. The number of hydrogen-bond acceptors (Lipinski definition) is 4. The van der Waals surface area contributed by atoms with E-state index in [4.69, 9.17) is 9.47 Å². The molecule has 1 aliphatic heterocycles. The highest BCUT2D eigenvalue weighted by Crippen LogP contribution is 2.26. The van der Waals surface area contributed by atoms with Crippen LogP contribution < -0.4 is 19.7 Å². The van der Waals surface area contributed by atoms with Gasteiger partial charge < -0.3 is 19.7 Å². The lowest BCUT2D eigenvalue weighted by atomic mass is 10.1. The Morgan fingerprint density at radius 2 is 1.74 bits per heavy atom. The summed E-state index contributed by atoms with van der Waals surface area (Å²) in [4.78, 5) is 26.6. The molecule has 1 atom stereocenters. The van der Waals surface area contributed by atoms with E-state index in [0.29, 0.717) is 36.6 Å². The smallest absolute Gasteiger partial charge is 0.251 e. The van der Waals surface area contributed by atoms with Crippen molar-refractivity contribution in [1.82, 2.24) is 5.32 Å². The van der Waals surface area contributed by atoms with Crippen molar-refractivity contribution < 1.29 is 19.1 Å². The fourth-order valence-electron chi connectivity index (χ4n) is 3.17. The molecular formula is C21H24N2O4. The van der Waals surface area contributed by atoms with Crippen LogP contribution in [0.3, 0.4) is 0 Å². The Kier molecular flexibility index (Phi) is 5.64. The minimum Gasteiger partial charge on any atom is -0.497 e. The molecule has 2 amide bonds. The van der Waals surface area contributed by atoms with Crippen LogP contribution in [0.15, 0.2) is 42.5 Å². The van der Waals surface area contributed by atoms with E-state index in [1.807, 2.05) is 31.2 Å². The summed E-state index contributed by atoms with van der Waals surface area (Å²) in [6.07, 6.45) is 0.426. The molecule has 27 heavy (non-hydrogen) atoms. The largest absolute Gasteiger partial charge is 0.497 e. The predicted molar refractivity (Wildman–Crippen MR) is 104 cm³/mol. The fraction of sp³-hybridized carbons (Fsp3) is 0.333. The second kappa shape index (κ2) is 8.12. The third-order valence-electron chi connectivity index (χ3n) is 4.72. The van der Waals surface area contributed by atoms with Crippen molar-refractivity contribution in [3.63, 3.8) is 0 Å². The van der Waals surface area contributed by atoms with E-state index >= 15 is 0 Å². The number of aryl methyl sites for hydroxylation is 1. The molecule has 1 unspecified atom stereocenters. The maximum Gasteiger partial charge on any atom is 0.251 e. The van der Waals surface area contributed by atoms with Crippen LogP contribution in [0.25, 0.3) is 0 Å². The summed E-state index contributed by atoms with van der Waals surface area (Å²) in [5, 5.41) is 2.92. The number of benzene rings is 2. The van der Waals surface area contributed by atoms with Gasteiger partial charge in [-0.15, -0.1) is 0 Å². The van der Waals surface area contributed by atoms with Gasteiger partial charge in [-0.25, -0.2) is 0 Å². The maximum atomic E-state index is 12.5. The molecule has 2 aromatic rings. The standard InChI is InChI=1S/C21H24N2O4/c1-14-4-6-17(7-5-14)23-13-15(8-20(23)24)12-22-21(25)16-9-18(26-2)11-19(10-16)27-3/h4-7,9-11,15H,8,12-13H2,1-3H3,(H,22,25). The van der Waals surface area contributed by atoms with Gasteiger partial charge in [-0.3, -0.25) is 9.59 Å². The lowest BCUT2D eigenvalue weighted by Gasteiger charge is -2.17. The summed E-state index contributed by atoms with van der Waals surface area (Å²) in [6, 6.07) is 12.9. The molecule has 6 heteroatoms. The third-order valence-corrected chi connectivity index (χ3v) is 4.72. The van der Waals surface area contributed by atoms with Crippen molar-refractivity contribution in [2.24, 2.45) is 5.92 Å². The number of methoxy groups -OCH3 is 2. The van der Waals surface area contributed by atoms with Gasteiger partial charge >= 0.3 is 0 Å². The van der Waals surface area contributed by atoms with E-state index in [9.17, 15) is 9.59 Å². The number of hydrogen-bond donors (Lipinski definition) is 1. The highest BCUT2D eigenvalue weighted by atomic mass is 16.5. The lowest BCUT2D eigenvalue weighted by molar-refractivity contribution is -0.117. The van der Waals surface area contributed by atoms with E-state index in [1.165, 1.54) is 0 Å². The van der Waals surface area contributed by atoms with Gasteiger partial charge in [0.25, 0.3) is 5.91 Å². The quantitative estimate of drug-likeness (QED) is 0.851. The molecule has 3 rings (SSSR count).